The Morgan fingerprint density at radius 2 is 2.05 bits per heavy atom. The van der Waals surface area contributed by atoms with E-state index in [1.54, 1.807) is 11.9 Å². The van der Waals surface area contributed by atoms with Gasteiger partial charge < -0.3 is 4.90 Å². The SMILES string of the molecule is CCCC(=O)N1CCCN(S(=O)(=O)c2cnn(C)c2)CC1. The Kier molecular flexibility index (Phi) is 5.00. The molecule has 0 bridgehead atoms. The van der Waals surface area contributed by atoms with Crippen LogP contribution in [-0.2, 0) is 21.9 Å². The molecule has 8 heteroatoms. The fourth-order valence-corrected chi connectivity index (χ4v) is 3.89. The van der Waals surface area contributed by atoms with Crippen molar-refractivity contribution in [3.8, 4) is 0 Å². The molecule has 1 fully saturated rings. The average Bonchev–Trinajstić information content (AvgIpc) is 2.74. The van der Waals surface area contributed by atoms with Gasteiger partial charge in [0.25, 0.3) is 0 Å². The molecule has 0 radical (unpaired) electrons. The zero-order chi connectivity index (χ0) is 15.5. The van der Waals surface area contributed by atoms with Crippen LogP contribution in [0.3, 0.4) is 0 Å². The molecule has 118 valence electrons. The number of amides is 1. The van der Waals surface area contributed by atoms with Crippen LogP contribution in [0.4, 0.5) is 0 Å². The van der Waals surface area contributed by atoms with Gasteiger partial charge in [0.05, 0.1) is 6.20 Å². The van der Waals surface area contributed by atoms with E-state index < -0.39 is 10.0 Å². The number of hydrogen-bond acceptors (Lipinski definition) is 4. The van der Waals surface area contributed by atoms with Crippen LogP contribution in [0.25, 0.3) is 0 Å². The Balaban J connectivity index is 2.07. The second-order valence-corrected chi connectivity index (χ2v) is 7.18. The van der Waals surface area contributed by atoms with Crippen LogP contribution in [-0.4, -0.2) is 59.5 Å². The molecule has 1 aromatic heterocycles. The molecule has 0 spiro atoms. The third kappa shape index (κ3) is 3.62. The lowest BCUT2D eigenvalue weighted by molar-refractivity contribution is -0.131. The predicted molar refractivity (Wildman–Crippen MR) is 78.1 cm³/mol. The molecule has 0 N–H and O–H groups in total. The standard InChI is InChI=1S/C13H22N4O3S/c1-3-5-13(18)16-6-4-7-17(9-8-16)21(19,20)12-10-14-15(2)11-12/h10-11H,3-9H2,1-2H3. The molecule has 1 saturated heterocycles. The molecule has 1 aliphatic heterocycles. The molecule has 0 aromatic carbocycles. The number of rotatable bonds is 4. The van der Waals surface area contributed by atoms with Crippen molar-refractivity contribution in [2.75, 3.05) is 26.2 Å². The normalized spacial score (nSPS) is 17.7. The van der Waals surface area contributed by atoms with Crippen LogP contribution in [0.2, 0.25) is 0 Å². The molecule has 0 saturated carbocycles. The van der Waals surface area contributed by atoms with Crippen molar-refractivity contribution in [3.63, 3.8) is 0 Å². The molecule has 0 aliphatic carbocycles. The van der Waals surface area contributed by atoms with Crippen LogP contribution < -0.4 is 0 Å². The topological polar surface area (TPSA) is 75.5 Å². The van der Waals surface area contributed by atoms with Gasteiger partial charge in [-0.05, 0) is 12.8 Å². The van der Waals surface area contributed by atoms with E-state index in [-0.39, 0.29) is 10.8 Å². The van der Waals surface area contributed by atoms with Gasteiger partial charge in [-0.15, -0.1) is 0 Å². The summed E-state index contributed by atoms with van der Waals surface area (Å²) in [4.78, 5) is 13.9. The van der Waals surface area contributed by atoms with E-state index in [2.05, 4.69) is 5.10 Å². The predicted octanol–water partition coefficient (Wildman–Crippen LogP) is 0.443. The summed E-state index contributed by atoms with van der Waals surface area (Å²) in [5.74, 6) is 0.109. The third-order valence-corrected chi connectivity index (χ3v) is 5.44. The molecular weight excluding hydrogens is 292 g/mol. The molecule has 1 aliphatic rings. The van der Waals surface area contributed by atoms with Gasteiger partial charge in [0.1, 0.15) is 4.90 Å². The molecule has 0 atom stereocenters. The van der Waals surface area contributed by atoms with E-state index in [4.69, 9.17) is 0 Å². The van der Waals surface area contributed by atoms with Crippen molar-refractivity contribution in [1.29, 1.82) is 0 Å². The minimum absolute atomic E-state index is 0.109. The summed E-state index contributed by atoms with van der Waals surface area (Å²) >= 11 is 0. The minimum Gasteiger partial charge on any atom is -0.341 e. The third-order valence-electron chi connectivity index (χ3n) is 3.59. The quantitative estimate of drug-likeness (QED) is 0.808. The smallest absolute Gasteiger partial charge is 0.246 e. The number of nitrogens with zero attached hydrogens (tertiary/aromatic N) is 4. The average molecular weight is 314 g/mol. The van der Waals surface area contributed by atoms with Crippen molar-refractivity contribution >= 4 is 15.9 Å². The summed E-state index contributed by atoms with van der Waals surface area (Å²) in [5, 5.41) is 3.92. The second kappa shape index (κ2) is 6.57. The van der Waals surface area contributed by atoms with Crippen molar-refractivity contribution in [2.24, 2.45) is 7.05 Å². The van der Waals surface area contributed by atoms with Gasteiger partial charge in [-0.25, -0.2) is 8.42 Å². The van der Waals surface area contributed by atoms with Gasteiger partial charge in [0.15, 0.2) is 0 Å². The Morgan fingerprint density at radius 3 is 2.67 bits per heavy atom. The van der Waals surface area contributed by atoms with Gasteiger partial charge in [0.2, 0.25) is 15.9 Å². The molecule has 2 heterocycles. The Bertz CT molecular complexity index is 596. The number of aromatic nitrogens is 2. The van der Waals surface area contributed by atoms with Gasteiger partial charge in [-0.2, -0.15) is 9.40 Å². The lowest BCUT2D eigenvalue weighted by Gasteiger charge is -2.21. The highest BCUT2D eigenvalue weighted by atomic mass is 32.2. The largest absolute Gasteiger partial charge is 0.341 e. The first kappa shape index (κ1) is 16.0. The van der Waals surface area contributed by atoms with Gasteiger partial charge in [0, 0.05) is 45.8 Å². The number of carbonyl (C=O) groups excluding carboxylic acids is 1. The second-order valence-electron chi connectivity index (χ2n) is 5.24. The van der Waals surface area contributed by atoms with Crippen molar-refractivity contribution in [2.45, 2.75) is 31.1 Å². The summed E-state index contributed by atoms with van der Waals surface area (Å²) in [6, 6.07) is 0. The highest BCUT2D eigenvalue weighted by molar-refractivity contribution is 7.89. The molecule has 0 unspecified atom stereocenters. The number of sulfonamides is 1. The highest BCUT2D eigenvalue weighted by Gasteiger charge is 2.28. The summed E-state index contributed by atoms with van der Waals surface area (Å²) in [6.07, 6.45) is 4.86. The van der Waals surface area contributed by atoms with Crippen LogP contribution in [0.15, 0.2) is 17.3 Å². The molecule has 1 aromatic rings. The fraction of sp³-hybridized carbons (Fsp3) is 0.692. The van der Waals surface area contributed by atoms with Crippen LogP contribution in [0.5, 0.6) is 0 Å². The highest BCUT2D eigenvalue weighted by Crippen LogP contribution is 2.17. The van der Waals surface area contributed by atoms with Crippen LogP contribution in [0.1, 0.15) is 26.2 Å². The molecule has 2 rings (SSSR count). The Morgan fingerprint density at radius 1 is 1.29 bits per heavy atom. The van der Waals surface area contributed by atoms with E-state index >= 15 is 0 Å². The maximum absolute atomic E-state index is 12.5. The number of aryl methyl sites for hydroxylation is 1. The van der Waals surface area contributed by atoms with Gasteiger partial charge >= 0.3 is 0 Å². The molecular formula is C13H22N4O3S. The van der Waals surface area contributed by atoms with E-state index in [9.17, 15) is 13.2 Å². The number of carbonyl (C=O) groups is 1. The lowest BCUT2D eigenvalue weighted by Crippen LogP contribution is -2.37. The van der Waals surface area contributed by atoms with E-state index in [0.717, 1.165) is 6.42 Å². The maximum atomic E-state index is 12.5. The van der Waals surface area contributed by atoms with E-state index in [1.807, 2.05) is 6.92 Å². The maximum Gasteiger partial charge on any atom is 0.246 e. The molecule has 7 nitrogen and oxygen atoms in total. The Hall–Kier alpha value is -1.41. The van der Waals surface area contributed by atoms with Gasteiger partial charge in [-0.3, -0.25) is 9.48 Å². The summed E-state index contributed by atoms with van der Waals surface area (Å²) in [7, 11) is -1.83. The fourth-order valence-electron chi connectivity index (χ4n) is 2.44. The Labute approximate surface area is 125 Å². The summed E-state index contributed by atoms with van der Waals surface area (Å²) in [6.45, 7) is 3.82. The first-order valence-electron chi connectivity index (χ1n) is 7.21. The van der Waals surface area contributed by atoms with Gasteiger partial charge in [-0.1, -0.05) is 6.92 Å². The molecule has 1 amide bonds. The van der Waals surface area contributed by atoms with Crippen molar-refractivity contribution in [1.82, 2.24) is 19.0 Å². The van der Waals surface area contributed by atoms with E-state index in [1.165, 1.54) is 21.4 Å². The summed E-state index contributed by atoms with van der Waals surface area (Å²) in [5.41, 5.74) is 0. The van der Waals surface area contributed by atoms with E-state index in [0.29, 0.717) is 39.0 Å². The zero-order valence-corrected chi connectivity index (χ0v) is 13.3. The minimum atomic E-state index is -3.51. The first-order chi connectivity index (χ1) is 9.95. The van der Waals surface area contributed by atoms with Crippen molar-refractivity contribution < 1.29 is 13.2 Å². The van der Waals surface area contributed by atoms with Crippen LogP contribution >= 0.6 is 0 Å². The monoisotopic (exact) mass is 314 g/mol. The first-order valence-corrected chi connectivity index (χ1v) is 8.65. The van der Waals surface area contributed by atoms with Crippen molar-refractivity contribution in [3.05, 3.63) is 12.4 Å². The van der Waals surface area contributed by atoms with Crippen LogP contribution in [0, 0.1) is 0 Å². The molecule has 21 heavy (non-hydrogen) atoms. The summed E-state index contributed by atoms with van der Waals surface area (Å²) < 4.78 is 28.0. The number of hydrogen-bond donors (Lipinski definition) is 0. The zero-order valence-electron chi connectivity index (χ0n) is 12.5. The lowest BCUT2D eigenvalue weighted by atomic mass is 10.3.